The lowest BCUT2D eigenvalue weighted by Crippen LogP contribution is -2.43. The van der Waals surface area contributed by atoms with Crippen LogP contribution in [-0.4, -0.2) is 64.9 Å². The highest BCUT2D eigenvalue weighted by Gasteiger charge is 2.28. The lowest BCUT2D eigenvalue weighted by atomic mass is 10.0. The fourth-order valence-electron chi connectivity index (χ4n) is 7.29. The molecule has 0 heterocycles. The second kappa shape index (κ2) is 45.5. The Morgan fingerprint density at radius 1 is 0.516 bits per heavy atom. The summed E-state index contributed by atoms with van der Waals surface area (Å²) in [6, 6.07) is -1.54. The van der Waals surface area contributed by atoms with Gasteiger partial charge in [-0.3, -0.25) is 18.6 Å². The topological polar surface area (TPSA) is 169 Å². The van der Waals surface area contributed by atoms with E-state index in [4.69, 9.17) is 13.8 Å². The third-order valence-corrected chi connectivity index (χ3v) is 12.2. The number of hydrogen-bond donors (Lipinski definition) is 4. The third kappa shape index (κ3) is 44.6. The molecule has 0 aromatic heterocycles. The van der Waals surface area contributed by atoms with Gasteiger partial charge >= 0.3 is 19.8 Å². The summed E-state index contributed by atoms with van der Waals surface area (Å²) in [5.41, 5.74) is 0. The molecule has 62 heavy (non-hydrogen) atoms. The van der Waals surface area contributed by atoms with Gasteiger partial charge in [-0.2, -0.15) is 0 Å². The Kier molecular flexibility index (Phi) is 44.0. The van der Waals surface area contributed by atoms with Gasteiger partial charge < -0.3 is 25.2 Å². The molecule has 0 bridgehead atoms. The molecule has 0 aliphatic heterocycles. The van der Waals surface area contributed by atoms with E-state index < -0.39 is 57.6 Å². The molecule has 3 atom stereocenters. The van der Waals surface area contributed by atoms with Gasteiger partial charge in [0.1, 0.15) is 12.7 Å². The van der Waals surface area contributed by atoms with Gasteiger partial charge in [-0.15, -0.1) is 0 Å². The smallest absolute Gasteiger partial charge is 0.472 e. The fourth-order valence-corrected chi connectivity index (χ4v) is 8.06. The number of phosphoric ester groups is 1. The first-order chi connectivity index (χ1) is 30.1. The lowest BCUT2D eigenvalue weighted by molar-refractivity contribution is -0.147. The van der Waals surface area contributed by atoms with Crippen molar-refractivity contribution in [1.82, 2.24) is 5.32 Å². The number of carbonyl (C=O) groups excluding carboxylic acids is 2. The van der Waals surface area contributed by atoms with Gasteiger partial charge in [0.25, 0.3) is 0 Å². The van der Waals surface area contributed by atoms with Crippen molar-refractivity contribution in [3.8, 4) is 0 Å². The molecule has 1 amide bonds. The zero-order chi connectivity index (χ0) is 45.6. The lowest BCUT2D eigenvalue weighted by Gasteiger charge is -2.18. The van der Waals surface area contributed by atoms with Crippen LogP contribution in [0.3, 0.4) is 0 Å². The molecule has 0 aromatic rings. The number of unbranched alkanes of at least 4 members (excludes halogenated alkanes) is 30. The number of ether oxygens (including phenoxy) is 1. The van der Waals surface area contributed by atoms with E-state index in [-0.39, 0.29) is 12.8 Å². The largest absolute Gasteiger partial charge is 0.480 e. The number of aliphatic hydroxyl groups excluding tert-OH is 1. The van der Waals surface area contributed by atoms with Gasteiger partial charge in [0, 0.05) is 12.8 Å². The molecule has 3 unspecified atom stereocenters. The number of carboxylic acid groups (broad SMARTS) is 1. The van der Waals surface area contributed by atoms with Crippen LogP contribution in [0.4, 0.5) is 0 Å². The summed E-state index contributed by atoms with van der Waals surface area (Å²) in [4.78, 5) is 46.1. The molecule has 0 saturated carbocycles. The molecule has 0 rings (SSSR count). The highest BCUT2D eigenvalue weighted by molar-refractivity contribution is 7.47. The quantitative estimate of drug-likeness (QED) is 0.0200. The van der Waals surface area contributed by atoms with Crippen molar-refractivity contribution < 1.29 is 47.8 Å². The molecule has 0 aromatic carbocycles. The molecule has 4 N–H and O–H groups in total. The first kappa shape index (κ1) is 60.0. The summed E-state index contributed by atoms with van der Waals surface area (Å²) in [7, 11) is -4.76. The predicted octanol–water partition coefficient (Wildman–Crippen LogP) is 13.8. The Morgan fingerprint density at radius 2 is 0.887 bits per heavy atom. The molecule has 12 heteroatoms. The minimum atomic E-state index is -4.76. The van der Waals surface area contributed by atoms with Crippen molar-refractivity contribution in [1.29, 1.82) is 0 Å². The number of carbonyl (C=O) groups is 3. The van der Waals surface area contributed by atoms with Gasteiger partial charge in [-0.05, 0) is 44.9 Å². The van der Waals surface area contributed by atoms with Gasteiger partial charge in [0.2, 0.25) is 5.91 Å². The summed E-state index contributed by atoms with van der Waals surface area (Å²) in [5, 5.41) is 21.9. The Labute approximate surface area is 379 Å². The average molecular weight is 900 g/mol. The number of nitrogens with one attached hydrogen (secondary N) is 1. The van der Waals surface area contributed by atoms with Crippen LogP contribution in [-0.2, 0) is 32.7 Å². The third-order valence-electron chi connectivity index (χ3n) is 11.2. The number of aliphatic hydroxyl groups is 1. The number of carboxylic acids is 1. The van der Waals surface area contributed by atoms with Crippen LogP contribution in [0.1, 0.15) is 245 Å². The van der Waals surface area contributed by atoms with E-state index in [0.717, 1.165) is 44.9 Å². The van der Waals surface area contributed by atoms with Crippen LogP contribution in [0.5, 0.6) is 0 Å². The van der Waals surface area contributed by atoms with E-state index in [1.165, 1.54) is 161 Å². The first-order valence-electron chi connectivity index (χ1n) is 25.4. The molecule has 364 valence electrons. The van der Waals surface area contributed by atoms with Crippen LogP contribution in [0.15, 0.2) is 24.3 Å². The summed E-state index contributed by atoms with van der Waals surface area (Å²) >= 11 is 0. The van der Waals surface area contributed by atoms with Crippen molar-refractivity contribution >= 4 is 25.7 Å². The molecule has 0 radical (unpaired) electrons. The van der Waals surface area contributed by atoms with Crippen LogP contribution < -0.4 is 5.32 Å². The molecule has 11 nitrogen and oxygen atoms in total. The highest BCUT2D eigenvalue weighted by atomic mass is 31.2. The second-order valence-electron chi connectivity index (χ2n) is 17.4. The molecule has 0 saturated heterocycles. The standard InChI is InChI=1S/C50H94NO10P/c1-3-5-7-9-11-13-15-17-19-20-21-22-23-24-25-26-28-29-31-33-35-37-39-41-48(53)51-47(50(55)56)45-61-62(57,58)60-44-46(52)43-59-49(54)42-40-38-36-34-32-30-27-18-16-14-12-10-8-6-4-2/h11,13,17,19,46-47,52H,3-10,12,14-16,18,20-45H2,1-2H3,(H,51,53)(H,55,56)(H,57,58)/b13-11-,19-17-. The van der Waals surface area contributed by atoms with Crippen molar-refractivity contribution in [3.05, 3.63) is 24.3 Å². The van der Waals surface area contributed by atoms with E-state index in [9.17, 15) is 34.1 Å². The van der Waals surface area contributed by atoms with Crippen molar-refractivity contribution in [2.45, 2.75) is 257 Å². The summed E-state index contributed by atoms with van der Waals surface area (Å²) in [6.45, 7) is 2.61. The Hall–Kier alpha value is -2.04. The summed E-state index contributed by atoms with van der Waals surface area (Å²) in [6.07, 6.45) is 49.1. The number of allylic oxidation sites excluding steroid dienone is 4. The number of esters is 1. The summed E-state index contributed by atoms with van der Waals surface area (Å²) < 4.78 is 26.9. The van der Waals surface area contributed by atoms with E-state index in [2.05, 4.69) is 43.5 Å². The van der Waals surface area contributed by atoms with E-state index in [1.54, 1.807) is 0 Å². The maximum atomic E-state index is 12.4. The number of hydrogen-bond acceptors (Lipinski definition) is 8. The van der Waals surface area contributed by atoms with Crippen LogP contribution in [0, 0.1) is 0 Å². The van der Waals surface area contributed by atoms with Gasteiger partial charge in [-0.1, -0.05) is 212 Å². The first-order valence-corrected chi connectivity index (χ1v) is 26.9. The highest BCUT2D eigenvalue weighted by Crippen LogP contribution is 2.43. The van der Waals surface area contributed by atoms with Crippen molar-refractivity contribution in [3.63, 3.8) is 0 Å². The second-order valence-corrected chi connectivity index (χ2v) is 18.8. The van der Waals surface area contributed by atoms with E-state index in [0.29, 0.717) is 12.8 Å². The maximum absolute atomic E-state index is 12.4. The Morgan fingerprint density at radius 3 is 1.34 bits per heavy atom. The molecule has 0 aliphatic rings. The minimum absolute atomic E-state index is 0.147. The number of phosphoric acid groups is 1. The zero-order valence-corrected chi connectivity index (χ0v) is 40.6. The monoisotopic (exact) mass is 900 g/mol. The minimum Gasteiger partial charge on any atom is -0.480 e. The van der Waals surface area contributed by atoms with Gasteiger partial charge in [0.15, 0.2) is 6.04 Å². The van der Waals surface area contributed by atoms with Crippen LogP contribution in [0.2, 0.25) is 0 Å². The summed E-state index contributed by atoms with van der Waals surface area (Å²) in [5.74, 6) is -2.36. The van der Waals surface area contributed by atoms with E-state index >= 15 is 0 Å². The Bertz CT molecular complexity index is 1150. The van der Waals surface area contributed by atoms with Crippen LogP contribution >= 0.6 is 7.82 Å². The molecule has 0 fully saturated rings. The van der Waals surface area contributed by atoms with Crippen molar-refractivity contribution in [2.24, 2.45) is 0 Å². The van der Waals surface area contributed by atoms with E-state index in [1.807, 2.05) is 0 Å². The fraction of sp³-hybridized carbons (Fsp3) is 0.860. The van der Waals surface area contributed by atoms with Gasteiger partial charge in [0.05, 0.1) is 13.2 Å². The average Bonchev–Trinajstić information content (AvgIpc) is 3.25. The molecule has 0 spiro atoms. The molecular formula is C50H94NO10P. The zero-order valence-electron chi connectivity index (χ0n) is 39.7. The molecule has 0 aliphatic carbocycles. The predicted molar refractivity (Wildman–Crippen MR) is 254 cm³/mol. The van der Waals surface area contributed by atoms with Crippen molar-refractivity contribution in [2.75, 3.05) is 19.8 Å². The molecular weight excluding hydrogens is 806 g/mol. The van der Waals surface area contributed by atoms with Gasteiger partial charge in [-0.25, -0.2) is 9.36 Å². The number of aliphatic carboxylic acids is 1. The van der Waals surface area contributed by atoms with Crippen LogP contribution in [0.25, 0.3) is 0 Å². The SMILES string of the molecule is CCCCC/C=C\C/C=C\CCCCCCCCCCCCCCCC(=O)NC(COP(=O)(O)OCC(O)COC(=O)CCCCCCCCCCCCCCCCC)C(=O)O. The number of rotatable bonds is 48. The normalized spacial score (nSPS) is 13.7. The Balaban J connectivity index is 3.80. The maximum Gasteiger partial charge on any atom is 0.472 e. The number of amides is 1.